The van der Waals surface area contributed by atoms with E-state index < -0.39 is 0 Å². The van der Waals surface area contributed by atoms with E-state index in [1.807, 2.05) is 0 Å². The van der Waals surface area contributed by atoms with Crippen molar-refractivity contribution in [2.45, 2.75) is 18.9 Å². The smallest absolute Gasteiger partial charge is 0.138 e. The van der Waals surface area contributed by atoms with Gasteiger partial charge in [0, 0.05) is 6.54 Å². The Morgan fingerprint density at radius 1 is 1.78 bits per heavy atom. The summed E-state index contributed by atoms with van der Waals surface area (Å²) in [5.41, 5.74) is 2.47. The van der Waals surface area contributed by atoms with Crippen molar-refractivity contribution in [2.75, 3.05) is 6.54 Å². The second kappa shape index (κ2) is 2.91. The third-order valence-electron chi connectivity index (χ3n) is 1.62. The molecule has 0 aromatic heterocycles. The van der Waals surface area contributed by atoms with Crippen molar-refractivity contribution >= 4 is 6.29 Å². The minimum atomic E-state index is -0.00463. The van der Waals surface area contributed by atoms with Crippen molar-refractivity contribution in [2.24, 2.45) is 5.84 Å². The highest BCUT2D eigenvalue weighted by molar-refractivity contribution is 5.57. The van der Waals surface area contributed by atoms with Crippen LogP contribution in [0.5, 0.6) is 0 Å². The fourth-order valence-electron chi connectivity index (χ4n) is 1.09. The van der Waals surface area contributed by atoms with E-state index in [2.05, 4.69) is 5.53 Å². The normalized spacial score (nSPS) is 28.8. The predicted octanol–water partition coefficient (Wildman–Crippen LogP) is -0.972. The summed E-state index contributed by atoms with van der Waals surface area (Å²) in [5, 5.41) is 1.74. The van der Waals surface area contributed by atoms with Crippen LogP contribution in [-0.2, 0) is 4.79 Å². The SMILES string of the molecule is NNN1CCC[C@H]1C=O. The molecule has 0 amide bonds. The Balaban J connectivity index is 2.41. The quantitative estimate of drug-likeness (QED) is 0.286. The zero-order chi connectivity index (χ0) is 6.69. The van der Waals surface area contributed by atoms with E-state index in [1.165, 1.54) is 0 Å². The number of nitrogens with two attached hydrogens (primary N) is 1. The lowest BCUT2D eigenvalue weighted by Crippen LogP contribution is -2.46. The number of rotatable bonds is 2. The van der Waals surface area contributed by atoms with E-state index in [1.54, 1.807) is 5.01 Å². The van der Waals surface area contributed by atoms with Gasteiger partial charge >= 0.3 is 0 Å². The van der Waals surface area contributed by atoms with Gasteiger partial charge in [0.25, 0.3) is 0 Å². The molecular weight excluding hydrogens is 118 g/mol. The van der Waals surface area contributed by atoms with E-state index >= 15 is 0 Å². The van der Waals surface area contributed by atoms with Crippen LogP contribution in [0.2, 0.25) is 0 Å². The molecule has 1 saturated heterocycles. The number of nitrogens with zero attached hydrogens (tertiary/aromatic N) is 1. The molecule has 0 aromatic carbocycles. The number of hydrogen-bond donors (Lipinski definition) is 2. The number of hydrazine groups is 2. The average molecular weight is 129 g/mol. The largest absolute Gasteiger partial charge is 0.302 e. The van der Waals surface area contributed by atoms with Gasteiger partial charge in [-0.25, -0.2) is 5.01 Å². The Kier molecular flexibility index (Phi) is 2.16. The molecule has 0 saturated carbocycles. The van der Waals surface area contributed by atoms with Gasteiger partial charge in [-0.15, -0.1) is 0 Å². The number of aldehydes is 1. The summed E-state index contributed by atoms with van der Waals surface area (Å²) in [6.07, 6.45) is 2.90. The van der Waals surface area contributed by atoms with E-state index in [4.69, 9.17) is 5.84 Å². The standard InChI is InChI=1S/C5H11N3O/c6-7-8-3-1-2-5(8)4-9/h4-5,7H,1-3,6H2/t5-/m0/s1. The number of carbonyl (C=O) groups excluding carboxylic acids is 1. The van der Waals surface area contributed by atoms with Crippen LogP contribution in [0.3, 0.4) is 0 Å². The molecule has 4 nitrogen and oxygen atoms in total. The maximum Gasteiger partial charge on any atom is 0.138 e. The summed E-state index contributed by atoms with van der Waals surface area (Å²) in [7, 11) is 0. The lowest BCUT2D eigenvalue weighted by Gasteiger charge is -2.16. The van der Waals surface area contributed by atoms with Gasteiger partial charge in [0.15, 0.2) is 0 Å². The van der Waals surface area contributed by atoms with Crippen LogP contribution in [-0.4, -0.2) is 23.9 Å². The van der Waals surface area contributed by atoms with Crippen LogP contribution >= 0.6 is 0 Å². The molecule has 0 radical (unpaired) electrons. The van der Waals surface area contributed by atoms with Crippen LogP contribution in [0.4, 0.5) is 0 Å². The molecule has 4 heteroatoms. The molecule has 1 aliphatic heterocycles. The molecular formula is C5H11N3O. The highest BCUT2D eigenvalue weighted by atomic mass is 16.1. The Labute approximate surface area is 53.9 Å². The molecule has 0 aliphatic carbocycles. The Bertz CT molecular complexity index is 106. The first-order valence-electron chi connectivity index (χ1n) is 3.06. The molecule has 1 atom stereocenters. The first-order chi connectivity index (χ1) is 4.38. The fraction of sp³-hybridized carbons (Fsp3) is 0.800. The van der Waals surface area contributed by atoms with Crippen molar-refractivity contribution in [1.29, 1.82) is 0 Å². The zero-order valence-corrected chi connectivity index (χ0v) is 5.21. The molecule has 52 valence electrons. The Hall–Kier alpha value is -0.450. The number of nitrogens with one attached hydrogen (secondary N) is 1. The number of carbonyl (C=O) groups is 1. The summed E-state index contributed by atoms with van der Waals surface area (Å²) in [5.74, 6) is 5.12. The van der Waals surface area contributed by atoms with Gasteiger partial charge in [-0.05, 0) is 12.8 Å². The van der Waals surface area contributed by atoms with Gasteiger partial charge in [-0.3, -0.25) is 5.84 Å². The molecule has 1 rings (SSSR count). The predicted molar refractivity (Wildman–Crippen MR) is 33.1 cm³/mol. The van der Waals surface area contributed by atoms with Gasteiger partial charge < -0.3 is 4.79 Å². The Morgan fingerprint density at radius 3 is 3.00 bits per heavy atom. The van der Waals surface area contributed by atoms with E-state index in [-0.39, 0.29) is 6.04 Å². The molecule has 1 heterocycles. The lowest BCUT2D eigenvalue weighted by molar-refractivity contribution is -0.112. The van der Waals surface area contributed by atoms with E-state index in [0.717, 1.165) is 25.7 Å². The minimum absolute atomic E-state index is 0.00463. The summed E-state index contributed by atoms with van der Waals surface area (Å²) < 4.78 is 0. The topological polar surface area (TPSA) is 58.4 Å². The zero-order valence-electron chi connectivity index (χ0n) is 5.21. The van der Waals surface area contributed by atoms with Crippen LogP contribution in [0.1, 0.15) is 12.8 Å². The van der Waals surface area contributed by atoms with E-state index in [0.29, 0.717) is 0 Å². The molecule has 1 aliphatic rings. The highest BCUT2D eigenvalue weighted by Crippen LogP contribution is 2.10. The molecule has 0 aromatic rings. The molecule has 1 fully saturated rings. The minimum Gasteiger partial charge on any atom is -0.302 e. The molecule has 0 bridgehead atoms. The summed E-state index contributed by atoms with van der Waals surface area (Å²) in [4.78, 5) is 10.2. The van der Waals surface area contributed by atoms with Gasteiger partial charge in [-0.1, -0.05) is 0 Å². The monoisotopic (exact) mass is 129 g/mol. The van der Waals surface area contributed by atoms with E-state index in [9.17, 15) is 4.79 Å². The summed E-state index contributed by atoms with van der Waals surface area (Å²) >= 11 is 0. The third kappa shape index (κ3) is 1.27. The molecule has 3 N–H and O–H groups in total. The highest BCUT2D eigenvalue weighted by Gasteiger charge is 2.22. The van der Waals surface area contributed by atoms with Crippen LogP contribution in [0.15, 0.2) is 0 Å². The van der Waals surface area contributed by atoms with Crippen molar-refractivity contribution < 1.29 is 4.79 Å². The van der Waals surface area contributed by atoms with Crippen LogP contribution in [0, 0.1) is 0 Å². The van der Waals surface area contributed by atoms with Gasteiger partial charge in [-0.2, -0.15) is 5.53 Å². The van der Waals surface area contributed by atoms with Crippen molar-refractivity contribution in [1.82, 2.24) is 10.5 Å². The molecule has 0 unspecified atom stereocenters. The fourth-order valence-corrected chi connectivity index (χ4v) is 1.09. The van der Waals surface area contributed by atoms with Crippen molar-refractivity contribution in [3.05, 3.63) is 0 Å². The Morgan fingerprint density at radius 2 is 2.56 bits per heavy atom. The maximum absolute atomic E-state index is 10.2. The van der Waals surface area contributed by atoms with Gasteiger partial charge in [0.2, 0.25) is 0 Å². The number of hydrogen-bond acceptors (Lipinski definition) is 4. The second-order valence-corrected chi connectivity index (χ2v) is 2.17. The molecule has 0 spiro atoms. The lowest BCUT2D eigenvalue weighted by atomic mass is 10.2. The summed E-state index contributed by atoms with van der Waals surface area (Å²) in [6.45, 7) is 0.875. The van der Waals surface area contributed by atoms with Crippen molar-refractivity contribution in [3.63, 3.8) is 0 Å². The average Bonchev–Trinajstić information content (AvgIpc) is 2.33. The first kappa shape index (κ1) is 6.67. The third-order valence-corrected chi connectivity index (χ3v) is 1.62. The maximum atomic E-state index is 10.2. The van der Waals surface area contributed by atoms with Gasteiger partial charge in [0.1, 0.15) is 6.29 Å². The van der Waals surface area contributed by atoms with Gasteiger partial charge in [0.05, 0.1) is 6.04 Å². The summed E-state index contributed by atoms with van der Waals surface area (Å²) in [6, 6.07) is -0.00463. The molecule has 9 heavy (non-hydrogen) atoms. The van der Waals surface area contributed by atoms with Crippen LogP contribution < -0.4 is 11.4 Å². The first-order valence-corrected chi connectivity index (χ1v) is 3.06. The van der Waals surface area contributed by atoms with Crippen molar-refractivity contribution in [3.8, 4) is 0 Å². The van der Waals surface area contributed by atoms with Crippen LogP contribution in [0.25, 0.3) is 0 Å². The second-order valence-electron chi connectivity index (χ2n) is 2.17.